The molecule has 1 saturated heterocycles. The van der Waals surface area contributed by atoms with Crippen LogP contribution in [-0.4, -0.2) is 59.8 Å². The first-order valence-corrected chi connectivity index (χ1v) is 10.7. The summed E-state index contributed by atoms with van der Waals surface area (Å²) in [6.45, 7) is 15.6. The molecule has 0 radical (unpaired) electrons. The van der Waals surface area contributed by atoms with Gasteiger partial charge in [0.2, 0.25) is 0 Å². The third kappa shape index (κ3) is 5.70. The molecule has 2 rings (SSSR count). The Labute approximate surface area is 150 Å². The first-order chi connectivity index (χ1) is 11.3. The normalized spacial score (nSPS) is 18.8. The molecule has 0 spiro atoms. The molecule has 24 heavy (non-hydrogen) atoms. The lowest BCUT2D eigenvalue weighted by Gasteiger charge is -2.50. The van der Waals surface area contributed by atoms with Crippen molar-refractivity contribution < 1.29 is 0 Å². The van der Waals surface area contributed by atoms with Crippen LogP contribution in [0, 0.1) is 0 Å². The van der Waals surface area contributed by atoms with Crippen LogP contribution in [0.4, 0.5) is 0 Å². The minimum absolute atomic E-state index is 0.0101. The number of nitrogens with zero attached hydrogens (tertiary/aromatic N) is 4. The Balaban J connectivity index is 0.000000400. The first-order valence-electron chi connectivity index (χ1n) is 9.10. The maximum Gasteiger partial charge on any atom is 0.167 e. The lowest BCUT2D eigenvalue weighted by Crippen LogP contribution is -2.43. The van der Waals surface area contributed by atoms with Crippen molar-refractivity contribution in [3.8, 4) is 0 Å². The Kier molecular flexibility index (Phi) is 8.66. The molecule has 0 aromatic heterocycles. The molecule has 1 aliphatic heterocycles. The maximum atomic E-state index is 5.29. The highest BCUT2D eigenvalue weighted by molar-refractivity contribution is 7.59. The largest absolute Gasteiger partial charge is 0.255 e. The fraction of sp³-hybridized carbons (Fsp3) is 0.684. The molecule has 1 aliphatic rings. The zero-order chi connectivity index (χ0) is 18.2. The molecule has 138 valence electrons. The van der Waals surface area contributed by atoms with Gasteiger partial charge in [0.1, 0.15) is 0 Å². The van der Waals surface area contributed by atoms with Crippen molar-refractivity contribution in [2.45, 2.75) is 46.6 Å². The third-order valence-electron chi connectivity index (χ3n) is 4.09. The van der Waals surface area contributed by atoms with Crippen LogP contribution in [0.15, 0.2) is 41.1 Å². The molecule has 0 amide bonds. The van der Waals surface area contributed by atoms with Crippen LogP contribution in [0.25, 0.3) is 0 Å². The van der Waals surface area contributed by atoms with E-state index in [-0.39, 0.29) is 5.54 Å². The fourth-order valence-electron chi connectivity index (χ4n) is 3.10. The Morgan fingerprint density at radius 1 is 0.875 bits per heavy atom. The van der Waals surface area contributed by atoms with E-state index in [1.54, 1.807) is 0 Å². The summed E-state index contributed by atoms with van der Waals surface area (Å²) >= 11 is 0. The molecule has 5 heteroatoms. The summed E-state index contributed by atoms with van der Waals surface area (Å²) in [6.07, 6.45) is 1.25. The topological polar surface area (TPSA) is 22.1 Å². The van der Waals surface area contributed by atoms with Gasteiger partial charge in [-0.05, 0) is 41.3 Å². The Bertz CT molecular complexity index is 465. The predicted molar refractivity (Wildman–Crippen MR) is 108 cm³/mol. The van der Waals surface area contributed by atoms with E-state index in [0.29, 0.717) is 0 Å². The van der Waals surface area contributed by atoms with E-state index in [9.17, 15) is 0 Å². The zero-order valence-electron chi connectivity index (χ0n) is 16.7. The highest BCUT2D eigenvalue weighted by atomic mass is 31.2. The third-order valence-corrected chi connectivity index (χ3v) is 8.52. The lowest BCUT2D eigenvalue weighted by molar-refractivity contribution is 0.310. The smallest absolute Gasteiger partial charge is 0.167 e. The van der Waals surface area contributed by atoms with Crippen molar-refractivity contribution in [1.82, 2.24) is 14.0 Å². The van der Waals surface area contributed by atoms with E-state index in [1.807, 2.05) is 36.4 Å². The van der Waals surface area contributed by atoms with Gasteiger partial charge in [-0.3, -0.25) is 4.74 Å². The molecular formula is C19H37N4P. The quantitative estimate of drug-likeness (QED) is 0.713. The Morgan fingerprint density at radius 3 is 1.54 bits per heavy atom. The molecule has 0 saturated carbocycles. The standard InChI is InChI=1S/C13H31N4P.C6H6/c1-8-17(9-2)18(14-13(3,4)5)15(6)11-10-12-16(18)7;1-2-4-6-5-3-1/h8-12H2,1-7H3;1-6H. The molecule has 0 unspecified atom stereocenters. The second-order valence-electron chi connectivity index (χ2n) is 7.22. The Morgan fingerprint density at radius 2 is 1.25 bits per heavy atom. The summed E-state index contributed by atoms with van der Waals surface area (Å²) in [5, 5.41) is 0. The van der Waals surface area contributed by atoms with E-state index >= 15 is 0 Å². The SMILES string of the molecule is CCN(CC)P1(=NC(C)(C)C)N(C)CCCN1C.c1ccccc1. The molecule has 0 aliphatic carbocycles. The molecule has 0 atom stereocenters. The minimum atomic E-state index is -1.68. The lowest BCUT2D eigenvalue weighted by atomic mass is 10.1. The van der Waals surface area contributed by atoms with Crippen molar-refractivity contribution in [1.29, 1.82) is 0 Å². The van der Waals surface area contributed by atoms with Gasteiger partial charge in [0.15, 0.2) is 7.51 Å². The average Bonchev–Trinajstić information content (AvgIpc) is 2.54. The maximum absolute atomic E-state index is 5.29. The van der Waals surface area contributed by atoms with Crippen LogP contribution < -0.4 is 0 Å². The van der Waals surface area contributed by atoms with Crippen LogP contribution in [-0.2, 0) is 0 Å². The van der Waals surface area contributed by atoms with Gasteiger partial charge in [-0.25, -0.2) is 14.0 Å². The zero-order valence-corrected chi connectivity index (χ0v) is 17.6. The number of hydrogen-bond donors (Lipinski definition) is 0. The fourth-order valence-corrected chi connectivity index (χ4v) is 7.30. The summed E-state index contributed by atoms with van der Waals surface area (Å²) in [5.41, 5.74) is 0.0101. The van der Waals surface area contributed by atoms with Gasteiger partial charge in [0.25, 0.3) is 0 Å². The Hall–Kier alpha value is -0.670. The number of rotatable bonds is 3. The molecule has 0 N–H and O–H groups in total. The van der Waals surface area contributed by atoms with Gasteiger partial charge in [0.05, 0.1) is 5.54 Å². The van der Waals surface area contributed by atoms with Gasteiger partial charge in [-0.1, -0.05) is 50.2 Å². The monoisotopic (exact) mass is 352 g/mol. The van der Waals surface area contributed by atoms with E-state index in [4.69, 9.17) is 4.74 Å². The van der Waals surface area contributed by atoms with Crippen molar-refractivity contribution in [2.75, 3.05) is 40.3 Å². The van der Waals surface area contributed by atoms with Gasteiger partial charge in [-0.15, -0.1) is 0 Å². The highest BCUT2D eigenvalue weighted by Crippen LogP contribution is 2.60. The number of benzene rings is 1. The van der Waals surface area contributed by atoms with Crippen molar-refractivity contribution in [3.05, 3.63) is 36.4 Å². The van der Waals surface area contributed by atoms with Gasteiger partial charge in [0, 0.05) is 26.2 Å². The van der Waals surface area contributed by atoms with E-state index in [2.05, 4.69) is 62.7 Å². The summed E-state index contributed by atoms with van der Waals surface area (Å²) < 4.78 is 12.9. The molecule has 1 heterocycles. The number of hydrogen-bond acceptors (Lipinski definition) is 1. The summed E-state index contributed by atoms with van der Waals surface area (Å²) in [6, 6.07) is 12.0. The van der Waals surface area contributed by atoms with Gasteiger partial charge < -0.3 is 0 Å². The molecular weight excluding hydrogens is 315 g/mol. The predicted octanol–water partition coefficient (Wildman–Crippen LogP) is 5.03. The summed E-state index contributed by atoms with van der Waals surface area (Å²) in [4.78, 5) is 0. The first kappa shape index (κ1) is 21.4. The van der Waals surface area contributed by atoms with Crippen molar-refractivity contribution >= 4 is 7.51 Å². The van der Waals surface area contributed by atoms with Crippen molar-refractivity contribution in [3.63, 3.8) is 0 Å². The van der Waals surface area contributed by atoms with Crippen LogP contribution in [0.2, 0.25) is 0 Å². The molecule has 4 nitrogen and oxygen atoms in total. The average molecular weight is 353 g/mol. The van der Waals surface area contributed by atoms with Crippen LogP contribution >= 0.6 is 7.51 Å². The van der Waals surface area contributed by atoms with E-state index in [0.717, 1.165) is 26.2 Å². The van der Waals surface area contributed by atoms with Crippen LogP contribution in [0.3, 0.4) is 0 Å². The van der Waals surface area contributed by atoms with E-state index < -0.39 is 7.51 Å². The van der Waals surface area contributed by atoms with Gasteiger partial charge in [-0.2, -0.15) is 0 Å². The molecule has 1 aromatic carbocycles. The second kappa shape index (κ2) is 9.72. The minimum Gasteiger partial charge on any atom is -0.255 e. The summed E-state index contributed by atoms with van der Waals surface area (Å²) in [7, 11) is 2.82. The molecule has 1 aromatic rings. The van der Waals surface area contributed by atoms with E-state index in [1.165, 1.54) is 6.42 Å². The van der Waals surface area contributed by atoms with Crippen LogP contribution in [0.5, 0.6) is 0 Å². The highest BCUT2D eigenvalue weighted by Gasteiger charge is 2.38. The molecule has 1 fully saturated rings. The van der Waals surface area contributed by atoms with Gasteiger partial charge >= 0.3 is 0 Å². The molecule has 0 bridgehead atoms. The second-order valence-corrected chi connectivity index (χ2v) is 10.4. The summed E-state index contributed by atoms with van der Waals surface area (Å²) in [5.74, 6) is 0. The van der Waals surface area contributed by atoms with Crippen LogP contribution in [0.1, 0.15) is 41.0 Å². The van der Waals surface area contributed by atoms with Crippen molar-refractivity contribution in [2.24, 2.45) is 4.74 Å².